The number of benzene rings is 1. The maximum Gasteiger partial charge on any atom is 0.261 e. The van der Waals surface area contributed by atoms with Crippen molar-refractivity contribution < 1.29 is 17.9 Å². The lowest BCUT2D eigenvalue weighted by Gasteiger charge is -2.29. The molecular weight excluding hydrogens is 312 g/mol. The molecule has 0 aromatic heterocycles. The lowest BCUT2D eigenvalue weighted by atomic mass is 9.95. The summed E-state index contributed by atoms with van der Waals surface area (Å²) in [7, 11) is 3.46. The van der Waals surface area contributed by atoms with Crippen LogP contribution in [0.5, 0.6) is 5.75 Å². The second-order valence-corrected chi connectivity index (χ2v) is 8.09. The molecule has 0 spiro atoms. The minimum atomic E-state index is -3.73. The zero-order valence-electron chi connectivity index (χ0n) is 12.6. The monoisotopic (exact) mass is 332 g/mol. The number of aryl methyl sites for hydroxylation is 2. The van der Waals surface area contributed by atoms with Crippen molar-refractivity contribution >= 4 is 19.7 Å². The van der Waals surface area contributed by atoms with Gasteiger partial charge in [-0.2, -0.15) is 0 Å². The molecule has 1 aliphatic carbocycles. The average Bonchev–Trinajstić information content (AvgIpc) is 2.36. The number of rotatable bonds is 4. The number of hydrogen-bond acceptors (Lipinski definition) is 4. The smallest absolute Gasteiger partial charge is 0.261 e. The van der Waals surface area contributed by atoms with Crippen LogP contribution in [0.15, 0.2) is 17.0 Å². The zero-order chi connectivity index (χ0) is 15.6. The summed E-state index contributed by atoms with van der Waals surface area (Å²) in [5, 5.41) is 0. The summed E-state index contributed by atoms with van der Waals surface area (Å²) < 4.78 is 34.5. The molecule has 118 valence electrons. The van der Waals surface area contributed by atoms with Crippen LogP contribution in [0, 0.1) is 13.8 Å². The molecule has 2 unspecified atom stereocenters. The molecule has 0 N–H and O–H groups in total. The summed E-state index contributed by atoms with van der Waals surface area (Å²) in [5.41, 5.74) is 1.22. The van der Waals surface area contributed by atoms with E-state index < -0.39 is 9.05 Å². The first-order valence-electron chi connectivity index (χ1n) is 7.06. The Bertz CT molecular complexity index is 589. The van der Waals surface area contributed by atoms with E-state index in [1.54, 1.807) is 33.1 Å². The van der Waals surface area contributed by atoms with Gasteiger partial charge in [0, 0.05) is 24.2 Å². The van der Waals surface area contributed by atoms with Crippen molar-refractivity contribution in [2.24, 2.45) is 0 Å². The summed E-state index contributed by atoms with van der Waals surface area (Å²) in [5.74, 6) is 0.691. The summed E-state index contributed by atoms with van der Waals surface area (Å²) >= 11 is 0. The number of ether oxygens (including phenoxy) is 2. The predicted octanol–water partition coefficient (Wildman–Crippen LogP) is 3.57. The van der Waals surface area contributed by atoms with Crippen molar-refractivity contribution in [2.75, 3.05) is 7.11 Å². The van der Waals surface area contributed by atoms with Crippen LogP contribution in [0.25, 0.3) is 0 Å². The highest BCUT2D eigenvalue weighted by Gasteiger charge is 2.24. The molecule has 0 bridgehead atoms. The molecule has 21 heavy (non-hydrogen) atoms. The lowest BCUT2D eigenvalue weighted by Crippen LogP contribution is -2.29. The van der Waals surface area contributed by atoms with Gasteiger partial charge in [0.05, 0.1) is 11.0 Å². The molecule has 0 amide bonds. The second-order valence-electron chi connectivity index (χ2n) is 5.59. The molecular formula is C15H21ClO4S. The van der Waals surface area contributed by atoms with Crippen LogP contribution in [0.2, 0.25) is 0 Å². The highest BCUT2D eigenvalue weighted by atomic mass is 35.7. The molecule has 0 radical (unpaired) electrons. The second kappa shape index (κ2) is 6.55. The SMILES string of the molecule is COC1CCCC(Oc2cc(C)c(S(=O)(=O)Cl)c(C)c2)C1. The van der Waals surface area contributed by atoms with Gasteiger partial charge in [-0.15, -0.1) is 0 Å². The molecule has 1 aromatic carbocycles. The topological polar surface area (TPSA) is 52.6 Å². The fourth-order valence-corrected chi connectivity index (χ4v) is 4.60. The maximum absolute atomic E-state index is 11.6. The molecule has 0 saturated heterocycles. The molecule has 1 aliphatic rings. The van der Waals surface area contributed by atoms with Gasteiger partial charge in [0.1, 0.15) is 11.9 Å². The van der Waals surface area contributed by atoms with Crippen LogP contribution in [0.1, 0.15) is 36.8 Å². The van der Waals surface area contributed by atoms with Crippen LogP contribution < -0.4 is 4.74 Å². The van der Waals surface area contributed by atoms with Gasteiger partial charge < -0.3 is 9.47 Å². The molecule has 1 fully saturated rings. The fourth-order valence-electron chi connectivity index (χ4n) is 2.98. The summed E-state index contributed by atoms with van der Waals surface area (Å²) in [4.78, 5) is 0.176. The van der Waals surface area contributed by atoms with E-state index in [1.165, 1.54) is 0 Å². The van der Waals surface area contributed by atoms with E-state index in [9.17, 15) is 8.42 Å². The Hall–Kier alpha value is -0.780. The molecule has 1 saturated carbocycles. The molecule has 2 rings (SSSR count). The van der Waals surface area contributed by atoms with E-state index in [-0.39, 0.29) is 17.1 Å². The molecule has 0 aliphatic heterocycles. The molecule has 4 nitrogen and oxygen atoms in total. The van der Waals surface area contributed by atoms with Crippen LogP contribution in [0.4, 0.5) is 0 Å². The average molecular weight is 333 g/mol. The van der Waals surface area contributed by atoms with Crippen LogP contribution in [-0.4, -0.2) is 27.7 Å². The van der Waals surface area contributed by atoms with Crippen LogP contribution in [0.3, 0.4) is 0 Å². The highest BCUT2D eigenvalue weighted by Crippen LogP contribution is 2.31. The maximum atomic E-state index is 11.6. The van der Waals surface area contributed by atoms with Crippen molar-refractivity contribution in [3.8, 4) is 5.75 Å². The van der Waals surface area contributed by atoms with Crippen molar-refractivity contribution in [3.05, 3.63) is 23.3 Å². The number of hydrogen-bond donors (Lipinski definition) is 0. The molecule has 2 atom stereocenters. The summed E-state index contributed by atoms with van der Waals surface area (Å²) in [6, 6.07) is 3.47. The number of halogens is 1. The standard InChI is InChI=1S/C15H21ClO4S/c1-10-7-14(8-11(2)15(10)21(16,17)18)20-13-6-4-5-12(9-13)19-3/h7-8,12-13H,4-6,9H2,1-3H3. The zero-order valence-corrected chi connectivity index (χ0v) is 14.1. The van der Waals surface area contributed by atoms with Crippen molar-refractivity contribution in [1.82, 2.24) is 0 Å². The Labute approximate surface area is 130 Å². The third-order valence-corrected chi connectivity index (χ3v) is 5.49. The Morgan fingerprint density at radius 1 is 1.14 bits per heavy atom. The van der Waals surface area contributed by atoms with Gasteiger partial charge in [-0.3, -0.25) is 0 Å². The normalized spacial score (nSPS) is 23.0. The Balaban J connectivity index is 2.19. The van der Waals surface area contributed by atoms with Crippen LogP contribution >= 0.6 is 10.7 Å². The van der Waals surface area contributed by atoms with Gasteiger partial charge in [-0.1, -0.05) is 0 Å². The van der Waals surface area contributed by atoms with E-state index in [0.29, 0.717) is 16.9 Å². The molecule has 1 aromatic rings. The van der Waals surface area contributed by atoms with Gasteiger partial charge in [0.15, 0.2) is 0 Å². The van der Waals surface area contributed by atoms with Gasteiger partial charge in [0.2, 0.25) is 0 Å². The van der Waals surface area contributed by atoms with Gasteiger partial charge in [0.25, 0.3) is 9.05 Å². The first kappa shape index (κ1) is 16.6. The highest BCUT2D eigenvalue weighted by molar-refractivity contribution is 8.13. The third-order valence-electron chi connectivity index (χ3n) is 3.89. The lowest BCUT2D eigenvalue weighted by molar-refractivity contribution is 0.0209. The van der Waals surface area contributed by atoms with Crippen molar-refractivity contribution in [1.29, 1.82) is 0 Å². The summed E-state index contributed by atoms with van der Waals surface area (Å²) in [6.07, 6.45) is 4.36. The van der Waals surface area contributed by atoms with E-state index in [4.69, 9.17) is 20.2 Å². The Kier molecular flexibility index (Phi) is 5.17. The van der Waals surface area contributed by atoms with Gasteiger partial charge >= 0.3 is 0 Å². The largest absolute Gasteiger partial charge is 0.490 e. The molecule has 6 heteroatoms. The van der Waals surface area contributed by atoms with Gasteiger partial charge in [-0.05, 0) is 56.4 Å². The van der Waals surface area contributed by atoms with Crippen molar-refractivity contribution in [2.45, 2.75) is 56.6 Å². The fraction of sp³-hybridized carbons (Fsp3) is 0.600. The van der Waals surface area contributed by atoms with Crippen molar-refractivity contribution in [3.63, 3.8) is 0 Å². The first-order chi connectivity index (χ1) is 9.81. The Morgan fingerprint density at radius 2 is 1.71 bits per heavy atom. The predicted molar refractivity (Wildman–Crippen MR) is 82.6 cm³/mol. The van der Waals surface area contributed by atoms with Gasteiger partial charge in [-0.25, -0.2) is 8.42 Å². The van der Waals surface area contributed by atoms with E-state index in [1.807, 2.05) is 0 Å². The van der Waals surface area contributed by atoms with E-state index >= 15 is 0 Å². The van der Waals surface area contributed by atoms with Crippen LogP contribution in [-0.2, 0) is 13.8 Å². The molecule has 0 heterocycles. The quantitative estimate of drug-likeness (QED) is 0.791. The number of methoxy groups -OCH3 is 1. The van der Waals surface area contributed by atoms with E-state index in [0.717, 1.165) is 25.7 Å². The minimum absolute atomic E-state index is 0.112. The first-order valence-corrected chi connectivity index (χ1v) is 9.37. The summed E-state index contributed by atoms with van der Waals surface area (Å²) in [6.45, 7) is 3.46. The Morgan fingerprint density at radius 3 is 2.24 bits per heavy atom. The third kappa shape index (κ3) is 4.11. The minimum Gasteiger partial charge on any atom is -0.490 e. The van der Waals surface area contributed by atoms with E-state index in [2.05, 4.69) is 0 Å².